The highest BCUT2D eigenvalue weighted by atomic mass is 32.2. The van der Waals surface area contributed by atoms with Crippen LogP contribution in [0.15, 0.2) is 65.6 Å². The second-order valence-electron chi connectivity index (χ2n) is 11.3. The summed E-state index contributed by atoms with van der Waals surface area (Å²) in [4.78, 5) is 31.1. The minimum absolute atomic E-state index is 0.0539. The molecular formula is C32H34F3N3O7S. The lowest BCUT2D eigenvalue weighted by molar-refractivity contribution is -0.275. The summed E-state index contributed by atoms with van der Waals surface area (Å²) in [5.74, 6) is -1.91. The van der Waals surface area contributed by atoms with Gasteiger partial charge in [0.1, 0.15) is 16.4 Å². The van der Waals surface area contributed by atoms with E-state index in [0.717, 1.165) is 12.1 Å². The van der Waals surface area contributed by atoms with Gasteiger partial charge in [0.25, 0.3) is 15.9 Å². The van der Waals surface area contributed by atoms with E-state index in [1.54, 1.807) is 62.3 Å². The van der Waals surface area contributed by atoms with E-state index in [1.807, 2.05) is 0 Å². The SMILES string of the molecule is COc1ccc(C2(N3CCCC[C@H]3C(=O)N(C)C)C(=O)N(S(=O)(=O)c3ccc(OC)cc3OC(F)(F)F)c3ccc(C)cc32)cc1. The molecule has 2 aliphatic rings. The number of halogens is 3. The molecule has 0 bridgehead atoms. The van der Waals surface area contributed by atoms with E-state index < -0.39 is 44.5 Å². The van der Waals surface area contributed by atoms with Gasteiger partial charge in [0.2, 0.25) is 5.91 Å². The number of alkyl halides is 3. The topological polar surface area (TPSA) is 106 Å². The normalized spacial score (nSPS) is 20.3. The highest BCUT2D eigenvalue weighted by molar-refractivity contribution is 7.93. The van der Waals surface area contributed by atoms with Crippen molar-refractivity contribution in [2.45, 2.75) is 49.0 Å². The molecule has 2 aliphatic heterocycles. The van der Waals surface area contributed by atoms with Crippen LogP contribution in [0, 0.1) is 6.92 Å². The Bertz CT molecular complexity index is 1760. The molecule has 1 unspecified atom stereocenters. The molecule has 0 radical (unpaired) electrons. The molecule has 0 spiro atoms. The summed E-state index contributed by atoms with van der Waals surface area (Å²) in [5.41, 5.74) is -0.572. The van der Waals surface area contributed by atoms with Crippen LogP contribution in [0.2, 0.25) is 0 Å². The molecule has 3 aromatic carbocycles. The maximum atomic E-state index is 15.2. The lowest BCUT2D eigenvalue weighted by Crippen LogP contribution is -2.62. The van der Waals surface area contributed by atoms with E-state index >= 15 is 4.79 Å². The van der Waals surface area contributed by atoms with E-state index in [9.17, 15) is 26.4 Å². The average Bonchev–Trinajstić information content (AvgIpc) is 3.27. The third kappa shape index (κ3) is 5.53. The second kappa shape index (κ2) is 12.1. The Balaban J connectivity index is 1.82. The van der Waals surface area contributed by atoms with Crippen LogP contribution in [-0.2, 0) is 25.2 Å². The number of benzene rings is 3. The number of hydrogen-bond donors (Lipinski definition) is 0. The molecule has 1 saturated heterocycles. The van der Waals surface area contributed by atoms with Crippen molar-refractivity contribution in [3.05, 3.63) is 77.4 Å². The Hall–Kier alpha value is -4.30. The van der Waals surface area contributed by atoms with Crippen LogP contribution >= 0.6 is 0 Å². The monoisotopic (exact) mass is 661 g/mol. The molecule has 0 aromatic heterocycles. The van der Waals surface area contributed by atoms with Gasteiger partial charge in [-0.05, 0) is 55.7 Å². The average molecular weight is 662 g/mol. The fourth-order valence-corrected chi connectivity index (χ4v) is 7.86. The van der Waals surface area contributed by atoms with E-state index in [2.05, 4.69) is 4.74 Å². The van der Waals surface area contributed by atoms with Crippen LogP contribution in [0.4, 0.5) is 18.9 Å². The molecule has 2 atom stereocenters. The number of hydrogen-bond acceptors (Lipinski definition) is 8. The zero-order valence-electron chi connectivity index (χ0n) is 25.9. The molecule has 3 aromatic rings. The van der Waals surface area contributed by atoms with Gasteiger partial charge in [0, 0.05) is 32.3 Å². The zero-order chi connectivity index (χ0) is 33.6. The van der Waals surface area contributed by atoms with E-state index in [4.69, 9.17) is 9.47 Å². The first-order valence-electron chi connectivity index (χ1n) is 14.4. The van der Waals surface area contributed by atoms with Crippen molar-refractivity contribution in [3.63, 3.8) is 0 Å². The van der Waals surface area contributed by atoms with E-state index in [-0.39, 0.29) is 29.5 Å². The summed E-state index contributed by atoms with van der Waals surface area (Å²) in [6.45, 7) is 2.03. The van der Waals surface area contributed by atoms with Gasteiger partial charge >= 0.3 is 6.36 Å². The molecule has 10 nitrogen and oxygen atoms in total. The number of likely N-dealkylation sites (tertiary alicyclic amines) is 1. The molecule has 2 amide bonds. The van der Waals surface area contributed by atoms with Gasteiger partial charge in [-0.25, -0.2) is 12.7 Å². The summed E-state index contributed by atoms with van der Waals surface area (Å²) in [5, 5.41) is 0. The van der Waals surface area contributed by atoms with Crippen LogP contribution in [0.1, 0.15) is 36.0 Å². The fourth-order valence-electron chi connectivity index (χ4n) is 6.30. The highest BCUT2D eigenvalue weighted by Crippen LogP contribution is 2.53. The van der Waals surface area contributed by atoms with Gasteiger partial charge in [-0.3, -0.25) is 14.5 Å². The Morgan fingerprint density at radius 3 is 2.22 bits per heavy atom. The molecule has 0 saturated carbocycles. The van der Waals surface area contributed by atoms with Gasteiger partial charge in [0.15, 0.2) is 11.3 Å². The molecule has 246 valence electrons. The molecule has 2 heterocycles. The van der Waals surface area contributed by atoms with Gasteiger partial charge in [-0.15, -0.1) is 13.2 Å². The van der Waals surface area contributed by atoms with Crippen molar-refractivity contribution < 1.29 is 45.4 Å². The first-order valence-corrected chi connectivity index (χ1v) is 15.9. The number of methoxy groups -OCH3 is 2. The van der Waals surface area contributed by atoms with Crippen LogP contribution < -0.4 is 18.5 Å². The number of aryl methyl sites for hydroxylation is 1. The van der Waals surface area contributed by atoms with Crippen molar-refractivity contribution in [3.8, 4) is 17.2 Å². The summed E-state index contributed by atoms with van der Waals surface area (Å²) in [6.07, 6.45) is -3.54. The van der Waals surface area contributed by atoms with Gasteiger partial charge in [-0.2, -0.15) is 0 Å². The third-order valence-electron chi connectivity index (χ3n) is 8.32. The van der Waals surface area contributed by atoms with Crippen molar-refractivity contribution >= 4 is 27.5 Å². The largest absolute Gasteiger partial charge is 0.573 e. The number of carbonyl (C=O) groups excluding carboxylic acids is 2. The minimum atomic E-state index is -5.25. The zero-order valence-corrected chi connectivity index (χ0v) is 26.7. The second-order valence-corrected chi connectivity index (χ2v) is 13.1. The van der Waals surface area contributed by atoms with Crippen molar-refractivity contribution in [2.75, 3.05) is 39.2 Å². The summed E-state index contributed by atoms with van der Waals surface area (Å²) in [7, 11) is 0.818. The number of likely N-dealkylation sites (N-methyl/N-ethyl adjacent to an activating group) is 1. The molecule has 0 N–H and O–H groups in total. The molecular weight excluding hydrogens is 627 g/mol. The number of nitrogens with zero attached hydrogens (tertiary/aromatic N) is 3. The van der Waals surface area contributed by atoms with E-state index in [1.165, 1.54) is 31.3 Å². The predicted octanol–water partition coefficient (Wildman–Crippen LogP) is 4.83. The number of sulfonamides is 1. The number of amides is 2. The summed E-state index contributed by atoms with van der Waals surface area (Å²) < 4.78 is 84.7. The molecule has 0 aliphatic carbocycles. The molecule has 5 rings (SSSR count). The standard InChI is InChI=1S/C32H34F3N3O7S/c1-20-9-15-25-24(18-20)31(21-10-12-22(43-4)13-11-21,37-17-7-6-8-26(37)29(39)36(2)3)30(40)38(25)46(41,42)28-16-14-23(44-5)19-27(28)45-32(33,34)35/h9-16,18-19,26H,6-8,17H2,1-5H3/t26-,31?/m0/s1. The smallest absolute Gasteiger partial charge is 0.497 e. The van der Waals surface area contributed by atoms with Crippen molar-refractivity contribution in [1.29, 1.82) is 0 Å². The van der Waals surface area contributed by atoms with Gasteiger partial charge in [-0.1, -0.05) is 36.2 Å². The number of rotatable bonds is 8. The summed E-state index contributed by atoms with van der Waals surface area (Å²) in [6, 6.07) is 13.3. The number of fused-ring (bicyclic) bond motifs is 1. The Labute approximate surface area is 265 Å². The minimum Gasteiger partial charge on any atom is -0.497 e. The van der Waals surface area contributed by atoms with Gasteiger partial charge < -0.3 is 19.1 Å². The first kappa shape index (κ1) is 33.1. The third-order valence-corrected chi connectivity index (χ3v) is 10.1. The first-order chi connectivity index (χ1) is 21.7. The Morgan fingerprint density at radius 2 is 1.61 bits per heavy atom. The fraction of sp³-hybridized carbons (Fsp3) is 0.375. The quantitative estimate of drug-likeness (QED) is 0.338. The van der Waals surface area contributed by atoms with Crippen LogP contribution in [0.25, 0.3) is 0 Å². The van der Waals surface area contributed by atoms with Crippen LogP contribution in [-0.4, -0.2) is 77.3 Å². The number of carbonyl (C=O) groups is 2. The number of ether oxygens (including phenoxy) is 3. The lowest BCUT2D eigenvalue weighted by Gasteiger charge is -2.47. The van der Waals surface area contributed by atoms with Crippen LogP contribution in [0.5, 0.6) is 17.2 Å². The van der Waals surface area contributed by atoms with E-state index in [0.29, 0.717) is 40.4 Å². The number of anilines is 1. The van der Waals surface area contributed by atoms with Crippen molar-refractivity contribution in [2.24, 2.45) is 0 Å². The lowest BCUT2D eigenvalue weighted by atomic mass is 9.78. The van der Waals surface area contributed by atoms with Crippen molar-refractivity contribution in [1.82, 2.24) is 9.80 Å². The van der Waals surface area contributed by atoms with Crippen LogP contribution in [0.3, 0.4) is 0 Å². The maximum absolute atomic E-state index is 15.2. The molecule has 46 heavy (non-hydrogen) atoms. The highest BCUT2D eigenvalue weighted by Gasteiger charge is 2.61. The molecule has 1 fully saturated rings. The summed E-state index contributed by atoms with van der Waals surface area (Å²) >= 11 is 0. The predicted molar refractivity (Wildman–Crippen MR) is 162 cm³/mol. The van der Waals surface area contributed by atoms with Gasteiger partial charge in [0.05, 0.1) is 25.9 Å². The Kier molecular flexibility index (Phi) is 8.73. The number of piperidine rings is 1. The maximum Gasteiger partial charge on any atom is 0.573 e. The molecule has 14 heteroatoms. The Morgan fingerprint density at radius 1 is 0.957 bits per heavy atom.